The first-order valence-corrected chi connectivity index (χ1v) is 8.95. The first kappa shape index (κ1) is 20.0. The van der Waals surface area contributed by atoms with Crippen LogP contribution < -0.4 is 5.32 Å². The monoisotopic (exact) mass is 355 g/mol. The van der Waals surface area contributed by atoms with E-state index in [9.17, 15) is 9.90 Å². The largest absolute Gasteiger partial charge is 0.508 e. The van der Waals surface area contributed by atoms with E-state index in [0.717, 1.165) is 16.8 Å². The summed E-state index contributed by atoms with van der Waals surface area (Å²) in [5.41, 5.74) is 1.65. The fourth-order valence-corrected chi connectivity index (χ4v) is 3.51. The molecule has 3 N–H and O–H groups in total. The molecule has 4 nitrogen and oxygen atoms in total. The molecule has 0 saturated carbocycles. The Morgan fingerprint density at radius 3 is 2.19 bits per heavy atom. The molecule has 0 saturated heterocycles. The molecule has 0 unspecified atom stereocenters. The molecule has 0 aromatic heterocycles. The normalized spacial score (nSPS) is 12.0. The maximum Gasteiger partial charge on any atom is 0.230 e. The summed E-state index contributed by atoms with van der Waals surface area (Å²) in [5, 5.41) is 22.1. The minimum absolute atomic E-state index is 0.0593. The van der Waals surface area contributed by atoms with Crippen LogP contribution in [0.15, 0.2) is 48.5 Å². The average Bonchev–Trinajstić information content (AvgIpc) is 2.56. The first-order valence-electron chi connectivity index (χ1n) is 8.95. The molecule has 0 fully saturated rings. The Morgan fingerprint density at radius 2 is 1.62 bits per heavy atom. The Kier molecular flexibility index (Phi) is 6.09. The van der Waals surface area contributed by atoms with Crippen molar-refractivity contribution in [1.29, 1.82) is 0 Å². The summed E-state index contributed by atoms with van der Waals surface area (Å²) < 4.78 is 0. The van der Waals surface area contributed by atoms with Gasteiger partial charge in [0.1, 0.15) is 5.75 Å². The maximum atomic E-state index is 12.8. The van der Waals surface area contributed by atoms with Gasteiger partial charge in [0.25, 0.3) is 0 Å². The summed E-state index contributed by atoms with van der Waals surface area (Å²) in [4.78, 5) is 12.8. The zero-order chi connectivity index (χ0) is 19.4. The number of aromatic hydroxyl groups is 1. The standard InChI is InChI=1S/C22H29NO3/c1-21(2,18-7-5-6-8-19(18)25)15-22(3,4)20(26)23-17-11-9-16(10-12-17)13-14-24/h5-12,24-25H,13-15H2,1-4H3,(H,23,26). The van der Waals surface area contributed by atoms with Crippen molar-refractivity contribution in [3.63, 3.8) is 0 Å². The number of para-hydroxylation sites is 1. The van der Waals surface area contributed by atoms with Gasteiger partial charge in [0.15, 0.2) is 0 Å². The minimum atomic E-state index is -0.616. The summed E-state index contributed by atoms with van der Waals surface area (Å²) in [5.74, 6) is 0.198. The van der Waals surface area contributed by atoms with Gasteiger partial charge in [0.05, 0.1) is 0 Å². The molecule has 0 bridgehead atoms. The molecule has 2 rings (SSSR count). The molecular weight excluding hydrogens is 326 g/mol. The van der Waals surface area contributed by atoms with Crippen LogP contribution in [0.4, 0.5) is 5.69 Å². The number of amides is 1. The van der Waals surface area contributed by atoms with E-state index in [1.54, 1.807) is 12.1 Å². The molecule has 1 amide bonds. The Hall–Kier alpha value is -2.33. The van der Waals surface area contributed by atoms with Gasteiger partial charge in [-0.05, 0) is 47.6 Å². The molecule has 26 heavy (non-hydrogen) atoms. The van der Waals surface area contributed by atoms with Crippen LogP contribution in [-0.4, -0.2) is 22.7 Å². The highest BCUT2D eigenvalue weighted by molar-refractivity contribution is 5.94. The number of carbonyl (C=O) groups excluding carboxylic acids is 1. The Morgan fingerprint density at radius 1 is 1.00 bits per heavy atom. The SMILES string of the molecule is CC(C)(CC(C)(C)c1ccccc1O)C(=O)Nc1ccc(CCO)cc1. The molecule has 0 aliphatic rings. The zero-order valence-corrected chi connectivity index (χ0v) is 16.0. The van der Waals surface area contributed by atoms with Gasteiger partial charge in [0, 0.05) is 17.7 Å². The van der Waals surface area contributed by atoms with Crippen LogP contribution in [0.3, 0.4) is 0 Å². The fraction of sp³-hybridized carbons (Fsp3) is 0.409. The molecule has 2 aromatic rings. The number of phenolic OH excluding ortho intramolecular Hbond substituents is 1. The van der Waals surface area contributed by atoms with E-state index < -0.39 is 5.41 Å². The van der Waals surface area contributed by atoms with Crippen LogP contribution in [-0.2, 0) is 16.6 Å². The summed E-state index contributed by atoms with van der Waals surface area (Å²) in [7, 11) is 0. The van der Waals surface area contributed by atoms with E-state index in [-0.39, 0.29) is 23.7 Å². The molecule has 0 spiro atoms. The number of aliphatic hydroxyl groups excluding tert-OH is 1. The number of carbonyl (C=O) groups is 1. The molecule has 0 radical (unpaired) electrons. The van der Waals surface area contributed by atoms with E-state index in [0.29, 0.717) is 12.8 Å². The molecule has 140 valence electrons. The molecular formula is C22H29NO3. The summed E-state index contributed by atoms with van der Waals surface area (Å²) in [6.45, 7) is 8.04. The van der Waals surface area contributed by atoms with E-state index in [1.807, 2.05) is 64.1 Å². The lowest BCUT2D eigenvalue weighted by Gasteiger charge is -2.34. The van der Waals surface area contributed by atoms with Crippen LogP contribution in [0.5, 0.6) is 5.75 Å². The van der Waals surface area contributed by atoms with Gasteiger partial charge in [-0.3, -0.25) is 4.79 Å². The number of hydrogen-bond donors (Lipinski definition) is 3. The highest BCUT2D eigenvalue weighted by Gasteiger charge is 2.36. The Bertz CT molecular complexity index is 748. The van der Waals surface area contributed by atoms with Crippen LogP contribution in [0, 0.1) is 5.41 Å². The van der Waals surface area contributed by atoms with Gasteiger partial charge in [0.2, 0.25) is 5.91 Å². The number of benzene rings is 2. The summed E-state index contributed by atoms with van der Waals surface area (Å²) in [6.07, 6.45) is 1.19. The Balaban J connectivity index is 2.10. The number of nitrogens with one attached hydrogen (secondary N) is 1. The third-order valence-corrected chi connectivity index (χ3v) is 4.74. The highest BCUT2D eigenvalue weighted by Crippen LogP contribution is 2.40. The van der Waals surface area contributed by atoms with Gasteiger partial charge in [-0.25, -0.2) is 0 Å². The molecule has 0 aliphatic carbocycles. The molecule has 0 atom stereocenters. The number of phenols is 1. The van der Waals surface area contributed by atoms with E-state index in [4.69, 9.17) is 5.11 Å². The topological polar surface area (TPSA) is 69.6 Å². The summed E-state index contributed by atoms with van der Waals surface area (Å²) >= 11 is 0. The second-order valence-corrected chi connectivity index (χ2v) is 8.09. The zero-order valence-electron chi connectivity index (χ0n) is 16.0. The third kappa shape index (κ3) is 4.85. The minimum Gasteiger partial charge on any atom is -0.508 e. The van der Waals surface area contributed by atoms with Crippen LogP contribution in [0.2, 0.25) is 0 Å². The van der Waals surface area contributed by atoms with Gasteiger partial charge in [-0.2, -0.15) is 0 Å². The second-order valence-electron chi connectivity index (χ2n) is 8.09. The number of aliphatic hydroxyl groups is 1. The lowest BCUT2D eigenvalue weighted by atomic mass is 9.70. The van der Waals surface area contributed by atoms with Crippen molar-refractivity contribution in [3.05, 3.63) is 59.7 Å². The highest BCUT2D eigenvalue weighted by atomic mass is 16.3. The van der Waals surface area contributed by atoms with Crippen molar-refractivity contribution in [2.45, 2.75) is 46.0 Å². The number of anilines is 1. The van der Waals surface area contributed by atoms with Gasteiger partial charge < -0.3 is 15.5 Å². The van der Waals surface area contributed by atoms with Crippen molar-refractivity contribution >= 4 is 11.6 Å². The van der Waals surface area contributed by atoms with E-state index in [2.05, 4.69) is 5.32 Å². The van der Waals surface area contributed by atoms with Crippen LogP contribution in [0.25, 0.3) is 0 Å². The van der Waals surface area contributed by atoms with Crippen molar-refractivity contribution in [3.8, 4) is 5.75 Å². The van der Waals surface area contributed by atoms with Crippen molar-refractivity contribution in [1.82, 2.24) is 0 Å². The van der Waals surface area contributed by atoms with E-state index in [1.165, 1.54) is 0 Å². The maximum absolute atomic E-state index is 12.8. The first-order chi connectivity index (χ1) is 12.2. The summed E-state index contributed by atoms with van der Waals surface area (Å²) in [6, 6.07) is 14.8. The lowest BCUT2D eigenvalue weighted by molar-refractivity contribution is -0.125. The smallest absolute Gasteiger partial charge is 0.230 e. The van der Waals surface area contributed by atoms with Gasteiger partial charge >= 0.3 is 0 Å². The quantitative estimate of drug-likeness (QED) is 0.695. The average molecular weight is 355 g/mol. The Labute approximate surface area is 155 Å². The predicted molar refractivity (Wildman–Crippen MR) is 105 cm³/mol. The molecule has 0 heterocycles. The van der Waals surface area contributed by atoms with Gasteiger partial charge in [-0.15, -0.1) is 0 Å². The van der Waals surface area contributed by atoms with Gasteiger partial charge in [-0.1, -0.05) is 58.0 Å². The fourth-order valence-electron chi connectivity index (χ4n) is 3.51. The van der Waals surface area contributed by atoms with Crippen molar-refractivity contribution < 1.29 is 15.0 Å². The van der Waals surface area contributed by atoms with E-state index >= 15 is 0 Å². The lowest BCUT2D eigenvalue weighted by Crippen LogP contribution is -2.36. The number of hydrogen-bond acceptors (Lipinski definition) is 3. The number of rotatable bonds is 7. The second kappa shape index (κ2) is 7.92. The van der Waals surface area contributed by atoms with Crippen molar-refractivity contribution in [2.24, 2.45) is 5.41 Å². The third-order valence-electron chi connectivity index (χ3n) is 4.74. The predicted octanol–water partition coefficient (Wildman–Crippen LogP) is 4.26. The van der Waals surface area contributed by atoms with Crippen molar-refractivity contribution in [2.75, 3.05) is 11.9 Å². The molecule has 0 aliphatic heterocycles. The molecule has 2 aromatic carbocycles. The van der Waals surface area contributed by atoms with Crippen LogP contribution >= 0.6 is 0 Å². The molecule has 4 heteroatoms. The van der Waals surface area contributed by atoms with Crippen LogP contribution in [0.1, 0.15) is 45.2 Å².